The summed E-state index contributed by atoms with van der Waals surface area (Å²) in [5, 5.41) is 0. The van der Waals surface area contributed by atoms with Crippen molar-refractivity contribution in [2.75, 3.05) is 24.7 Å². The summed E-state index contributed by atoms with van der Waals surface area (Å²) in [6.07, 6.45) is -5.73. The average Bonchev–Trinajstić information content (AvgIpc) is 3.27. The number of halogens is 2. The number of nitrogens with zero attached hydrogens (tertiary/aromatic N) is 8. The second kappa shape index (κ2) is 9.87. The Morgan fingerprint density at radius 3 is 2.18 bits per heavy atom. The molecule has 8 rings (SSSR count). The van der Waals surface area contributed by atoms with E-state index in [1.807, 2.05) is 0 Å². The number of imidazole rings is 2. The van der Waals surface area contributed by atoms with Gasteiger partial charge in [0.1, 0.15) is 48.2 Å². The van der Waals surface area contributed by atoms with E-state index in [1.165, 1.54) is 23.5 Å². The summed E-state index contributed by atoms with van der Waals surface area (Å²) in [6, 6.07) is -1.04. The van der Waals surface area contributed by atoms with E-state index < -0.39 is 83.1 Å². The van der Waals surface area contributed by atoms with Crippen molar-refractivity contribution in [3.8, 4) is 0 Å². The van der Waals surface area contributed by atoms with Crippen molar-refractivity contribution in [3.63, 3.8) is 0 Å². The number of hydrogen-bond acceptors (Lipinski definition) is 15. The van der Waals surface area contributed by atoms with Gasteiger partial charge in [-0.15, -0.1) is 0 Å². The van der Waals surface area contributed by atoms with Crippen molar-refractivity contribution in [2.45, 2.75) is 49.3 Å². The highest BCUT2D eigenvalue weighted by atomic mass is 31.2. The predicted molar refractivity (Wildman–Crippen MR) is 144 cm³/mol. The van der Waals surface area contributed by atoms with Crippen LogP contribution in [0.2, 0.25) is 0 Å². The number of hydrogen-bond donors (Lipinski definition) is 4. The van der Waals surface area contributed by atoms with E-state index in [0.717, 1.165) is 10.9 Å². The van der Waals surface area contributed by atoms with Crippen molar-refractivity contribution in [1.29, 1.82) is 0 Å². The zero-order valence-corrected chi connectivity index (χ0v) is 24.5. The standard InChI is InChI=1S/C22H24F2N10O9P2/c23-10-14(33-6-31-12-17(25)27-4-29-19(12)33)8-1-22(8)3-40-45(37,38)42-15-9(2-39-44(35,36)43-16(10)22)41-21(11(15)24)34-7-32-13-18(26)28-5-30-20(13)34/h4-11,14-16,21H,1-3H2,(H,35,36)(H,37,38)(H2,25,27,29)(H2,26,28,30)/t8-,9-,10+,11-,14-,15-,16+,21-,22?/m1/s1. The van der Waals surface area contributed by atoms with Crippen LogP contribution in [-0.4, -0.2) is 92.7 Å². The Bertz CT molecular complexity index is 1930. The van der Waals surface area contributed by atoms with Gasteiger partial charge in [-0.1, -0.05) is 0 Å². The minimum absolute atomic E-state index is 0.0141. The van der Waals surface area contributed by atoms with Crippen molar-refractivity contribution in [2.24, 2.45) is 11.3 Å². The van der Waals surface area contributed by atoms with Crippen LogP contribution >= 0.6 is 15.6 Å². The van der Waals surface area contributed by atoms with Crippen LogP contribution in [0.1, 0.15) is 18.7 Å². The summed E-state index contributed by atoms with van der Waals surface area (Å²) in [7, 11) is -10.1. The fraction of sp³-hybridized carbons (Fsp3) is 0.545. The van der Waals surface area contributed by atoms with Gasteiger partial charge in [0.15, 0.2) is 35.3 Å². The SMILES string of the molecule is Nc1ncnc2c1ncn2[C@H]1[C@H](F)[C@@H]2OP(=O)(O)OC[C@H]3O[C@@H](n4cnc5c(N)ncnc54)[C@H](F)[C@@H]3OP(=O)(O)OCC23C[C@H]13. The first kappa shape index (κ1) is 29.2. The Kier molecular flexibility index (Phi) is 6.40. The number of ether oxygens (including phenoxy) is 1. The van der Waals surface area contributed by atoms with Gasteiger partial charge in [0, 0.05) is 5.41 Å². The predicted octanol–water partition coefficient (Wildman–Crippen LogP) is 0.983. The Morgan fingerprint density at radius 2 is 1.49 bits per heavy atom. The number of fused-ring (bicyclic) bond motifs is 3. The van der Waals surface area contributed by atoms with Crippen LogP contribution in [0.25, 0.3) is 22.3 Å². The summed E-state index contributed by atoms with van der Waals surface area (Å²) >= 11 is 0. The average molecular weight is 672 g/mol. The number of nitrogens with two attached hydrogens (primary N) is 2. The molecule has 6 N–H and O–H groups in total. The van der Waals surface area contributed by atoms with Gasteiger partial charge in [-0.3, -0.25) is 22.7 Å². The number of nitrogen functional groups attached to an aromatic ring is 2. The maximum absolute atomic E-state index is 16.2. The van der Waals surface area contributed by atoms with Crippen molar-refractivity contribution >= 4 is 49.6 Å². The van der Waals surface area contributed by atoms with Crippen molar-refractivity contribution < 1.29 is 50.5 Å². The largest absolute Gasteiger partial charge is 0.472 e. The summed E-state index contributed by atoms with van der Waals surface area (Å²) in [6.45, 7) is -1.50. The molecule has 3 unspecified atom stereocenters. The number of anilines is 2. The van der Waals surface area contributed by atoms with Crippen LogP contribution < -0.4 is 11.5 Å². The number of rotatable bonds is 2. The van der Waals surface area contributed by atoms with E-state index in [-0.39, 0.29) is 40.4 Å². The highest BCUT2D eigenvalue weighted by Crippen LogP contribution is 2.72. The molecule has 240 valence electrons. The quantitative estimate of drug-likeness (QED) is 0.216. The smallest absolute Gasteiger partial charge is 0.382 e. The zero-order chi connectivity index (χ0) is 31.5. The van der Waals surface area contributed by atoms with Gasteiger partial charge in [-0.25, -0.2) is 47.8 Å². The molecule has 6 heterocycles. The van der Waals surface area contributed by atoms with Gasteiger partial charge in [-0.05, 0) is 12.3 Å². The topological polar surface area (TPSA) is 260 Å². The number of alkyl halides is 2. The van der Waals surface area contributed by atoms with Crippen LogP contribution in [0.5, 0.6) is 0 Å². The van der Waals surface area contributed by atoms with Gasteiger partial charge in [0.2, 0.25) is 0 Å². The number of aromatic nitrogens is 8. The third-order valence-electron chi connectivity index (χ3n) is 8.81. The van der Waals surface area contributed by atoms with E-state index in [2.05, 4.69) is 29.9 Å². The van der Waals surface area contributed by atoms with E-state index >= 15 is 8.78 Å². The zero-order valence-electron chi connectivity index (χ0n) is 22.7. The van der Waals surface area contributed by atoms with Crippen LogP contribution in [0, 0.1) is 11.3 Å². The van der Waals surface area contributed by atoms with Gasteiger partial charge in [-0.2, -0.15) is 0 Å². The van der Waals surface area contributed by atoms with Crippen LogP contribution in [0.4, 0.5) is 20.4 Å². The first-order valence-corrected chi connectivity index (χ1v) is 16.5. The Labute approximate surface area is 250 Å². The number of phosphoric acid groups is 2. The molecule has 2 aliphatic carbocycles. The van der Waals surface area contributed by atoms with E-state index in [9.17, 15) is 18.9 Å². The lowest BCUT2D eigenvalue weighted by Gasteiger charge is -2.30. The molecule has 4 aromatic heterocycles. The fourth-order valence-electron chi connectivity index (χ4n) is 6.67. The lowest BCUT2D eigenvalue weighted by atomic mass is 10.0. The van der Waals surface area contributed by atoms with Gasteiger partial charge < -0.3 is 30.6 Å². The van der Waals surface area contributed by atoms with Crippen molar-refractivity contribution in [3.05, 3.63) is 25.3 Å². The van der Waals surface area contributed by atoms with E-state index in [4.69, 9.17) is 34.3 Å². The molecular weight excluding hydrogens is 648 g/mol. The maximum Gasteiger partial charge on any atom is 0.472 e. The van der Waals surface area contributed by atoms with Crippen LogP contribution in [-0.2, 0) is 32.0 Å². The molecule has 0 bridgehead atoms. The highest BCUT2D eigenvalue weighted by molar-refractivity contribution is 7.47. The minimum atomic E-state index is -5.06. The molecule has 11 atom stereocenters. The highest BCUT2D eigenvalue weighted by Gasteiger charge is 2.75. The molecular formula is C22H24F2N10O9P2. The molecule has 4 aromatic rings. The molecule has 4 fully saturated rings. The molecule has 2 saturated carbocycles. The third-order valence-corrected chi connectivity index (χ3v) is 10.7. The molecule has 0 amide bonds. The summed E-state index contributed by atoms with van der Waals surface area (Å²) < 4.78 is 88.0. The van der Waals surface area contributed by atoms with Gasteiger partial charge >= 0.3 is 15.6 Å². The molecule has 1 spiro atoms. The first-order valence-electron chi connectivity index (χ1n) is 13.5. The van der Waals surface area contributed by atoms with Gasteiger partial charge in [0.05, 0.1) is 31.9 Å². The molecule has 2 aliphatic heterocycles. The van der Waals surface area contributed by atoms with Crippen molar-refractivity contribution in [1.82, 2.24) is 39.0 Å². The van der Waals surface area contributed by atoms with E-state index in [0.29, 0.717) is 0 Å². The molecule has 2 saturated heterocycles. The van der Waals surface area contributed by atoms with E-state index in [1.54, 1.807) is 0 Å². The molecule has 0 radical (unpaired) electrons. The normalized spacial score (nSPS) is 41.7. The lowest BCUT2D eigenvalue weighted by molar-refractivity contribution is -0.0591. The second-order valence-electron chi connectivity index (χ2n) is 11.3. The lowest BCUT2D eigenvalue weighted by Crippen LogP contribution is -2.38. The minimum Gasteiger partial charge on any atom is -0.382 e. The molecule has 23 heteroatoms. The third kappa shape index (κ3) is 4.49. The summed E-state index contributed by atoms with van der Waals surface area (Å²) in [4.78, 5) is 45.5. The molecule has 4 aliphatic rings. The van der Waals surface area contributed by atoms with Crippen LogP contribution in [0.3, 0.4) is 0 Å². The summed E-state index contributed by atoms with van der Waals surface area (Å²) in [5.41, 5.74) is 11.0. The monoisotopic (exact) mass is 672 g/mol. The molecule has 45 heavy (non-hydrogen) atoms. The fourth-order valence-corrected chi connectivity index (χ4v) is 8.70. The van der Waals surface area contributed by atoms with Crippen LogP contribution in [0.15, 0.2) is 25.3 Å². The number of phosphoric ester groups is 2. The second-order valence-corrected chi connectivity index (χ2v) is 14.1. The Morgan fingerprint density at radius 1 is 0.867 bits per heavy atom. The van der Waals surface area contributed by atoms with Gasteiger partial charge in [0.25, 0.3) is 0 Å². The Hall–Kier alpha value is -3.26. The first-order chi connectivity index (χ1) is 21.4. The Balaban J connectivity index is 1.10. The maximum atomic E-state index is 16.2. The molecule has 0 aromatic carbocycles. The molecule has 19 nitrogen and oxygen atoms in total. The summed E-state index contributed by atoms with van der Waals surface area (Å²) in [5.74, 6) is -0.547.